The van der Waals surface area contributed by atoms with E-state index in [1.807, 2.05) is 0 Å². The first-order chi connectivity index (χ1) is 19.1. The summed E-state index contributed by atoms with van der Waals surface area (Å²) in [5, 5.41) is 38.5. The van der Waals surface area contributed by atoms with Crippen molar-refractivity contribution >= 4 is 13.1 Å². The highest BCUT2D eigenvalue weighted by Crippen LogP contribution is 2.47. The Morgan fingerprint density at radius 1 is 0.590 bits per heavy atom. The lowest BCUT2D eigenvalue weighted by molar-refractivity contribution is -0.0320. The van der Waals surface area contributed by atoms with E-state index < -0.39 is 7.14 Å². The Kier molecular flexibility index (Phi) is 21.9. The van der Waals surface area contributed by atoms with Gasteiger partial charge in [0.15, 0.2) is 0 Å². The van der Waals surface area contributed by atoms with E-state index in [2.05, 4.69) is 20.3 Å². The maximum atomic E-state index is 13.1. The summed E-state index contributed by atoms with van der Waals surface area (Å²) in [6.45, 7) is 2.54. The maximum absolute atomic E-state index is 13.1. The number of rotatable bonds is 28. The molecule has 5 N–H and O–H groups in total. The van der Waals surface area contributed by atoms with Crippen LogP contribution < -0.4 is 14.8 Å². The van der Waals surface area contributed by atoms with Gasteiger partial charge in [-0.25, -0.2) is 0 Å². The summed E-state index contributed by atoms with van der Waals surface area (Å²) in [5.41, 5.74) is 0. The smallest absolute Gasteiger partial charge is 0.324 e. The lowest BCUT2D eigenvalue weighted by Crippen LogP contribution is -2.16. The zero-order chi connectivity index (χ0) is 28.4. The summed E-state index contributed by atoms with van der Waals surface area (Å²) in [7, 11) is -2.51. The molecule has 1 heterocycles. The topological polar surface area (TPSA) is 204 Å². The van der Waals surface area contributed by atoms with E-state index in [0.717, 1.165) is 0 Å². The zero-order valence-corrected chi connectivity index (χ0v) is 23.5. The highest BCUT2D eigenvalue weighted by atomic mass is 31.2. The highest BCUT2D eigenvalue weighted by molar-refractivity contribution is 7.63. The van der Waals surface area contributed by atoms with Crippen molar-refractivity contribution in [2.75, 3.05) is 116 Å². The van der Waals surface area contributed by atoms with Crippen molar-refractivity contribution in [2.24, 2.45) is 0 Å². The molecule has 39 heavy (non-hydrogen) atoms. The Balaban J connectivity index is 2.61. The standard InChI is InChI=1S/C23H45N4O11P/c28-5-1-17-39(32,18-2-6-29)19-3-8-37-22-25-21(24-4-9-33-11-12-34-10-7-30)26-23(27-22)38-16-15-35-13-14-36-20-31/h28-31H,1-20H2,(H,24,25,26,27). The van der Waals surface area contributed by atoms with Crippen molar-refractivity contribution in [3.05, 3.63) is 0 Å². The third-order valence-corrected chi connectivity index (χ3v) is 8.44. The molecule has 0 unspecified atom stereocenters. The molecule has 0 aromatic carbocycles. The largest absolute Gasteiger partial charge is 0.463 e. The second kappa shape index (κ2) is 24.1. The molecular formula is C23H45N4O11P. The third kappa shape index (κ3) is 19.1. The van der Waals surface area contributed by atoms with Crippen LogP contribution in [-0.4, -0.2) is 146 Å². The number of nitrogens with zero attached hydrogens (tertiary/aromatic N) is 3. The van der Waals surface area contributed by atoms with Crippen molar-refractivity contribution in [3.63, 3.8) is 0 Å². The second-order valence-electron chi connectivity index (χ2n) is 8.18. The van der Waals surface area contributed by atoms with Gasteiger partial charge in [-0.3, -0.25) is 0 Å². The van der Waals surface area contributed by atoms with Crippen molar-refractivity contribution in [3.8, 4) is 12.0 Å². The van der Waals surface area contributed by atoms with Gasteiger partial charge in [0, 0.05) is 38.2 Å². The van der Waals surface area contributed by atoms with Crippen LogP contribution in [0.2, 0.25) is 0 Å². The van der Waals surface area contributed by atoms with Gasteiger partial charge >= 0.3 is 12.0 Å². The molecule has 0 fully saturated rings. The fraction of sp³-hybridized carbons (Fsp3) is 0.870. The Morgan fingerprint density at radius 3 is 1.74 bits per heavy atom. The number of nitrogens with one attached hydrogen (secondary N) is 1. The van der Waals surface area contributed by atoms with Gasteiger partial charge in [-0.1, -0.05) is 0 Å². The minimum Gasteiger partial charge on any atom is -0.463 e. The second-order valence-corrected chi connectivity index (χ2v) is 11.6. The molecule has 0 saturated carbocycles. The summed E-state index contributed by atoms with van der Waals surface area (Å²) in [5.74, 6) is 0.226. The Hall–Kier alpha value is -1.68. The molecule has 0 amide bonds. The van der Waals surface area contributed by atoms with E-state index in [4.69, 9.17) is 48.8 Å². The molecule has 1 aromatic rings. The molecule has 0 bridgehead atoms. The number of anilines is 1. The van der Waals surface area contributed by atoms with Crippen LogP contribution in [0.25, 0.3) is 0 Å². The van der Waals surface area contributed by atoms with Crippen molar-refractivity contribution < 1.29 is 53.4 Å². The minimum atomic E-state index is -2.51. The van der Waals surface area contributed by atoms with Crippen LogP contribution in [0.5, 0.6) is 12.0 Å². The van der Waals surface area contributed by atoms with Gasteiger partial charge < -0.3 is 58.7 Å². The average molecular weight is 585 g/mol. The molecule has 0 spiro atoms. The molecule has 16 heteroatoms. The van der Waals surface area contributed by atoms with Crippen LogP contribution in [0, 0.1) is 0 Å². The van der Waals surface area contributed by atoms with E-state index in [1.54, 1.807) is 0 Å². The normalized spacial score (nSPS) is 11.6. The van der Waals surface area contributed by atoms with E-state index in [1.165, 1.54) is 0 Å². The molecule has 228 valence electrons. The first kappa shape index (κ1) is 35.3. The molecule has 0 radical (unpaired) electrons. The van der Waals surface area contributed by atoms with Crippen LogP contribution in [-0.2, 0) is 23.5 Å². The number of hydrogen-bond acceptors (Lipinski definition) is 15. The fourth-order valence-electron chi connectivity index (χ4n) is 3.21. The maximum Gasteiger partial charge on any atom is 0.324 e. The number of hydrogen-bond donors (Lipinski definition) is 5. The van der Waals surface area contributed by atoms with Gasteiger partial charge in [-0.15, -0.1) is 4.98 Å². The summed E-state index contributed by atoms with van der Waals surface area (Å²) in [6, 6.07) is 0.0752. The number of aliphatic hydroxyl groups is 4. The van der Waals surface area contributed by atoms with Crippen LogP contribution in [0.4, 0.5) is 5.95 Å². The highest BCUT2D eigenvalue weighted by Gasteiger charge is 2.21. The molecule has 0 saturated heterocycles. The van der Waals surface area contributed by atoms with Crippen LogP contribution in [0.3, 0.4) is 0 Å². The fourth-order valence-corrected chi connectivity index (χ4v) is 6.03. The lowest BCUT2D eigenvalue weighted by Gasteiger charge is -2.17. The molecule has 1 rings (SSSR count). The summed E-state index contributed by atoms with van der Waals surface area (Å²) in [6.07, 6.45) is 2.73. The van der Waals surface area contributed by atoms with E-state index in [-0.39, 0.29) is 77.6 Å². The summed E-state index contributed by atoms with van der Waals surface area (Å²) < 4.78 is 45.1. The van der Waals surface area contributed by atoms with Crippen LogP contribution in [0.15, 0.2) is 0 Å². The summed E-state index contributed by atoms with van der Waals surface area (Å²) in [4.78, 5) is 12.7. The minimum absolute atomic E-state index is 0.0208. The van der Waals surface area contributed by atoms with Gasteiger partial charge in [-0.2, -0.15) is 9.97 Å². The van der Waals surface area contributed by atoms with Gasteiger partial charge in [-0.05, 0) is 19.3 Å². The van der Waals surface area contributed by atoms with Crippen molar-refractivity contribution in [2.45, 2.75) is 19.3 Å². The van der Waals surface area contributed by atoms with Gasteiger partial charge in [0.25, 0.3) is 0 Å². The molecule has 0 aliphatic heterocycles. The monoisotopic (exact) mass is 584 g/mol. The molecule has 1 aromatic heterocycles. The predicted molar refractivity (Wildman–Crippen MR) is 142 cm³/mol. The molecular weight excluding hydrogens is 539 g/mol. The SMILES string of the molecule is O=P(CCCO)(CCCO)CCCOc1nc(NCCOCCOCCO)nc(OCCOCCOCO)n1. The van der Waals surface area contributed by atoms with E-state index >= 15 is 0 Å². The average Bonchev–Trinajstić information content (AvgIpc) is 2.94. The van der Waals surface area contributed by atoms with Crippen molar-refractivity contribution in [1.82, 2.24) is 15.0 Å². The third-order valence-electron chi connectivity index (χ3n) is 5.04. The molecule has 0 atom stereocenters. The van der Waals surface area contributed by atoms with E-state index in [0.29, 0.717) is 70.7 Å². The number of aliphatic hydroxyl groups excluding tert-OH is 4. The zero-order valence-electron chi connectivity index (χ0n) is 22.6. The van der Waals surface area contributed by atoms with Gasteiger partial charge in [0.2, 0.25) is 5.95 Å². The van der Waals surface area contributed by atoms with Gasteiger partial charge in [0.1, 0.15) is 13.4 Å². The van der Waals surface area contributed by atoms with Gasteiger partial charge in [0.05, 0.1) is 66.6 Å². The number of ether oxygens (including phenoxy) is 6. The summed E-state index contributed by atoms with van der Waals surface area (Å²) >= 11 is 0. The number of aromatic nitrogens is 3. The van der Waals surface area contributed by atoms with E-state index in [9.17, 15) is 4.57 Å². The lowest BCUT2D eigenvalue weighted by atomic mass is 10.5. The molecule has 15 nitrogen and oxygen atoms in total. The first-order valence-corrected chi connectivity index (χ1v) is 15.4. The Labute approximate surface area is 229 Å². The molecule has 0 aliphatic carbocycles. The first-order valence-electron chi connectivity index (χ1n) is 13.1. The predicted octanol–water partition coefficient (Wildman–Crippen LogP) is -0.432. The quantitative estimate of drug-likeness (QED) is 0.0481. The molecule has 0 aliphatic rings. The van der Waals surface area contributed by atoms with Crippen molar-refractivity contribution in [1.29, 1.82) is 0 Å². The Bertz CT molecular complexity index is 755. The Morgan fingerprint density at radius 2 is 1.13 bits per heavy atom. The van der Waals surface area contributed by atoms with Crippen LogP contribution >= 0.6 is 7.14 Å². The van der Waals surface area contributed by atoms with Crippen LogP contribution in [0.1, 0.15) is 19.3 Å².